The van der Waals surface area contributed by atoms with Crippen molar-refractivity contribution >= 4 is 5.78 Å². The summed E-state index contributed by atoms with van der Waals surface area (Å²) in [6, 6.07) is 2.78. The Morgan fingerprint density at radius 3 is 2.88 bits per heavy atom. The maximum atomic E-state index is 13.4. The third-order valence-corrected chi connectivity index (χ3v) is 2.43. The number of halogens is 2. The third kappa shape index (κ3) is 2.08. The first kappa shape index (κ1) is 11.4. The molecule has 0 aliphatic heterocycles. The standard InChI is InChI=1S/C12H10F2N2O/c1-2-16-6-5-15-12(16)11(17)9-7-8(13)3-4-10(9)14/h3-7H,2H2,1H3. The molecule has 0 spiro atoms. The van der Waals surface area contributed by atoms with Crippen LogP contribution in [0.4, 0.5) is 8.78 Å². The molecule has 17 heavy (non-hydrogen) atoms. The summed E-state index contributed by atoms with van der Waals surface area (Å²) in [4.78, 5) is 15.8. The zero-order valence-electron chi connectivity index (χ0n) is 9.15. The van der Waals surface area contributed by atoms with E-state index in [0.717, 1.165) is 18.2 Å². The number of hydrogen-bond donors (Lipinski definition) is 0. The lowest BCUT2D eigenvalue weighted by Gasteiger charge is -2.04. The zero-order chi connectivity index (χ0) is 12.4. The van der Waals surface area contributed by atoms with Crippen LogP contribution in [0.15, 0.2) is 30.6 Å². The van der Waals surface area contributed by atoms with Gasteiger partial charge in [0.25, 0.3) is 0 Å². The summed E-state index contributed by atoms with van der Waals surface area (Å²) >= 11 is 0. The fourth-order valence-corrected chi connectivity index (χ4v) is 1.57. The largest absolute Gasteiger partial charge is 0.328 e. The van der Waals surface area contributed by atoms with Crippen LogP contribution in [0.2, 0.25) is 0 Å². The maximum absolute atomic E-state index is 13.4. The first-order valence-corrected chi connectivity index (χ1v) is 5.14. The first-order valence-electron chi connectivity index (χ1n) is 5.14. The minimum atomic E-state index is -0.748. The highest BCUT2D eigenvalue weighted by molar-refractivity contribution is 6.06. The van der Waals surface area contributed by atoms with Gasteiger partial charge in [0.1, 0.15) is 11.6 Å². The normalized spacial score (nSPS) is 10.5. The van der Waals surface area contributed by atoms with Crippen LogP contribution in [-0.2, 0) is 6.54 Å². The number of aromatic nitrogens is 2. The van der Waals surface area contributed by atoms with Crippen LogP contribution in [0, 0.1) is 11.6 Å². The lowest BCUT2D eigenvalue weighted by atomic mass is 10.1. The Morgan fingerprint density at radius 1 is 1.41 bits per heavy atom. The van der Waals surface area contributed by atoms with Crippen LogP contribution in [0.1, 0.15) is 23.1 Å². The molecule has 0 aliphatic carbocycles. The molecule has 88 valence electrons. The van der Waals surface area contributed by atoms with Gasteiger partial charge in [0.15, 0.2) is 5.82 Å². The van der Waals surface area contributed by atoms with Crippen molar-refractivity contribution in [1.29, 1.82) is 0 Å². The molecule has 0 unspecified atom stereocenters. The second kappa shape index (κ2) is 4.45. The van der Waals surface area contributed by atoms with Crippen molar-refractivity contribution in [3.05, 3.63) is 53.6 Å². The van der Waals surface area contributed by atoms with Crippen molar-refractivity contribution in [2.75, 3.05) is 0 Å². The van der Waals surface area contributed by atoms with E-state index in [0.29, 0.717) is 6.54 Å². The van der Waals surface area contributed by atoms with Crippen molar-refractivity contribution in [1.82, 2.24) is 9.55 Å². The number of benzene rings is 1. The van der Waals surface area contributed by atoms with Crippen LogP contribution < -0.4 is 0 Å². The van der Waals surface area contributed by atoms with Gasteiger partial charge in [0, 0.05) is 18.9 Å². The second-order valence-electron chi connectivity index (χ2n) is 3.49. The van der Waals surface area contributed by atoms with Gasteiger partial charge in [-0.25, -0.2) is 13.8 Å². The Hall–Kier alpha value is -2.04. The summed E-state index contributed by atoms with van der Waals surface area (Å²) < 4.78 is 28.0. The zero-order valence-corrected chi connectivity index (χ0v) is 9.15. The van der Waals surface area contributed by atoms with Gasteiger partial charge in [-0.3, -0.25) is 4.79 Å². The number of hydrogen-bond acceptors (Lipinski definition) is 2. The van der Waals surface area contributed by atoms with E-state index >= 15 is 0 Å². The Bertz CT molecular complexity index is 563. The van der Waals surface area contributed by atoms with Gasteiger partial charge in [-0.2, -0.15) is 0 Å². The first-order chi connectivity index (χ1) is 8.13. The Labute approximate surface area is 96.7 Å². The number of carbonyl (C=O) groups is 1. The Morgan fingerprint density at radius 2 is 2.18 bits per heavy atom. The van der Waals surface area contributed by atoms with Gasteiger partial charge in [-0.15, -0.1) is 0 Å². The lowest BCUT2D eigenvalue weighted by molar-refractivity contribution is 0.102. The third-order valence-electron chi connectivity index (χ3n) is 2.43. The second-order valence-corrected chi connectivity index (χ2v) is 3.49. The number of imidazole rings is 1. The number of aryl methyl sites for hydroxylation is 1. The van der Waals surface area contributed by atoms with E-state index in [9.17, 15) is 13.6 Å². The molecule has 2 rings (SSSR count). The minimum absolute atomic E-state index is 0.108. The van der Waals surface area contributed by atoms with E-state index < -0.39 is 17.4 Å². The molecule has 1 aromatic heterocycles. The van der Waals surface area contributed by atoms with Gasteiger partial charge in [-0.1, -0.05) is 0 Å². The molecule has 0 amide bonds. The average Bonchev–Trinajstić information content (AvgIpc) is 2.79. The predicted molar refractivity (Wildman–Crippen MR) is 57.7 cm³/mol. The monoisotopic (exact) mass is 236 g/mol. The van der Waals surface area contributed by atoms with Crippen LogP contribution in [0.5, 0.6) is 0 Å². The van der Waals surface area contributed by atoms with Crippen molar-refractivity contribution in [2.24, 2.45) is 0 Å². The van der Waals surface area contributed by atoms with E-state index in [4.69, 9.17) is 0 Å². The summed E-state index contributed by atoms with van der Waals surface area (Å²) in [6.45, 7) is 2.37. The van der Waals surface area contributed by atoms with Gasteiger partial charge in [0.2, 0.25) is 5.78 Å². The van der Waals surface area contributed by atoms with Crippen molar-refractivity contribution in [3.8, 4) is 0 Å². The van der Waals surface area contributed by atoms with Crippen molar-refractivity contribution in [2.45, 2.75) is 13.5 Å². The molecule has 0 aliphatic rings. The number of ketones is 1. The van der Waals surface area contributed by atoms with Crippen LogP contribution >= 0.6 is 0 Å². The minimum Gasteiger partial charge on any atom is -0.328 e. The van der Waals surface area contributed by atoms with Crippen LogP contribution in [0.25, 0.3) is 0 Å². The van der Waals surface area contributed by atoms with Crippen molar-refractivity contribution < 1.29 is 13.6 Å². The summed E-state index contributed by atoms with van der Waals surface area (Å²) in [6.07, 6.45) is 3.07. The lowest BCUT2D eigenvalue weighted by Crippen LogP contribution is -2.12. The number of nitrogens with zero attached hydrogens (tertiary/aromatic N) is 2. The molecule has 0 bridgehead atoms. The predicted octanol–water partition coefficient (Wildman–Crippen LogP) is 2.41. The molecule has 0 radical (unpaired) electrons. The summed E-state index contributed by atoms with van der Waals surface area (Å²) in [5, 5.41) is 0. The molecule has 1 aromatic carbocycles. The van der Waals surface area contributed by atoms with E-state index in [1.54, 1.807) is 10.8 Å². The fraction of sp³-hybridized carbons (Fsp3) is 0.167. The molecule has 3 nitrogen and oxygen atoms in total. The van der Waals surface area contributed by atoms with Crippen molar-refractivity contribution in [3.63, 3.8) is 0 Å². The van der Waals surface area contributed by atoms with Crippen LogP contribution in [0.3, 0.4) is 0 Å². The Kier molecular flexibility index (Phi) is 2.99. The summed E-state index contributed by atoms with van der Waals surface area (Å²) in [5.41, 5.74) is -0.300. The molecule has 1 heterocycles. The highest BCUT2D eigenvalue weighted by atomic mass is 19.1. The topological polar surface area (TPSA) is 34.9 Å². The number of carbonyl (C=O) groups excluding carboxylic acids is 1. The smallest absolute Gasteiger partial charge is 0.231 e. The molecule has 0 atom stereocenters. The fourth-order valence-electron chi connectivity index (χ4n) is 1.57. The van der Waals surface area contributed by atoms with Gasteiger partial charge < -0.3 is 4.57 Å². The molecule has 0 fully saturated rings. The number of rotatable bonds is 3. The van der Waals surface area contributed by atoms with E-state index in [1.165, 1.54) is 6.20 Å². The molecule has 5 heteroatoms. The quantitative estimate of drug-likeness (QED) is 0.767. The van der Waals surface area contributed by atoms with E-state index in [-0.39, 0.29) is 11.4 Å². The van der Waals surface area contributed by atoms with Gasteiger partial charge in [-0.05, 0) is 25.1 Å². The average molecular weight is 236 g/mol. The summed E-state index contributed by atoms with van der Waals surface area (Å²) in [5.74, 6) is -1.91. The highest BCUT2D eigenvalue weighted by Gasteiger charge is 2.18. The SMILES string of the molecule is CCn1ccnc1C(=O)c1cc(F)ccc1F. The molecule has 0 N–H and O–H groups in total. The Balaban J connectivity index is 2.47. The molecular formula is C12H10F2N2O. The van der Waals surface area contributed by atoms with E-state index in [1.807, 2.05) is 6.92 Å². The molecule has 0 saturated heterocycles. The molecule has 0 saturated carbocycles. The van der Waals surface area contributed by atoms with E-state index in [2.05, 4.69) is 4.98 Å². The van der Waals surface area contributed by atoms with Gasteiger partial charge in [0.05, 0.1) is 5.56 Å². The molecule has 2 aromatic rings. The van der Waals surface area contributed by atoms with Gasteiger partial charge >= 0.3 is 0 Å². The highest BCUT2D eigenvalue weighted by Crippen LogP contribution is 2.14. The summed E-state index contributed by atoms with van der Waals surface area (Å²) in [7, 11) is 0. The molecular weight excluding hydrogens is 226 g/mol. The maximum Gasteiger partial charge on any atom is 0.231 e. The van der Waals surface area contributed by atoms with Crippen LogP contribution in [-0.4, -0.2) is 15.3 Å².